The van der Waals surface area contributed by atoms with Gasteiger partial charge in [0, 0.05) is 29.4 Å². The third-order valence-corrected chi connectivity index (χ3v) is 4.78. The predicted molar refractivity (Wildman–Crippen MR) is 120 cm³/mol. The highest BCUT2D eigenvalue weighted by Crippen LogP contribution is 2.38. The standard InChI is InChI=1S/C22H19ClN4O5/c1-12-8-21(32-27-12)26-22(28)25-13-4-5-18(15(23)9-13)31-17-6-7-24-16-11-20(30-3)19(29-2)10-14(16)17/h4-11H,1-3H3,(H2,25,26,28). The van der Waals surface area contributed by atoms with Gasteiger partial charge in [0.15, 0.2) is 11.5 Å². The highest BCUT2D eigenvalue weighted by molar-refractivity contribution is 6.32. The molecule has 0 atom stereocenters. The fraction of sp³-hybridized carbons (Fsp3) is 0.136. The number of hydrogen-bond donors (Lipinski definition) is 2. The van der Waals surface area contributed by atoms with Gasteiger partial charge < -0.3 is 24.1 Å². The molecule has 2 amide bonds. The van der Waals surface area contributed by atoms with Gasteiger partial charge in [-0.3, -0.25) is 10.3 Å². The third kappa shape index (κ3) is 4.52. The quantitative estimate of drug-likeness (QED) is 0.388. The zero-order valence-electron chi connectivity index (χ0n) is 17.4. The molecule has 0 saturated carbocycles. The van der Waals surface area contributed by atoms with Crippen LogP contribution in [0.4, 0.5) is 16.4 Å². The van der Waals surface area contributed by atoms with Gasteiger partial charge in [-0.15, -0.1) is 0 Å². The normalized spacial score (nSPS) is 10.6. The van der Waals surface area contributed by atoms with E-state index in [0.29, 0.717) is 44.9 Å². The van der Waals surface area contributed by atoms with Gasteiger partial charge in [-0.1, -0.05) is 16.8 Å². The summed E-state index contributed by atoms with van der Waals surface area (Å²) in [6.07, 6.45) is 1.63. The maximum absolute atomic E-state index is 12.1. The average molecular weight is 455 g/mol. The Labute approximate surface area is 188 Å². The maximum atomic E-state index is 12.1. The number of rotatable bonds is 6. The summed E-state index contributed by atoms with van der Waals surface area (Å²) < 4.78 is 21.7. The number of carbonyl (C=O) groups excluding carboxylic acids is 1. The van der Waals surface area contributed by atoms with Crippen LogP contribution in [0.2, 0.25) is 5.02 Å². The molecule has 0 radical (unpaired) electrons. The number of benzene rings is 2. The van der Waals surface area contributed by atoms with Crippen LogP contribution >= 0.6 is 11.6 Å². The van der Waals surface area contributed by atoms with Crippen LogP contribution in [-0.2, 0) is 0 Å². The number of carbonyl (C=O) groups is 1. The largest absolute Gasteiger partial charge is 0.493 e. The molecule has 2 heterocycles. The maximum Gasteiger partial charge on any atom is 0.326 e. The van der Waals surface area contributed by atoms with Crippen LogP contribution in [0.5, 0.6) is 23.0 Å². The summed E-state index contributed by atoms with van der Waals surface area (Å²) in [5.74, 6) is 2.30. The Hall–Kier alpha value is -3.98. The number of pyridine rings is 1. The molecule has 0 saturated heterocycles. The summed E-state index contributed by atoms with van der Waals surface area (Å²) in [5, 5.41) is 9.96. The van der Waals surface area contributed by atoms with Crippen molar-refractivity contribution in [3.63, 3.8) is 0 Å². The fourth-order valence-electron chi connectivity index (χ4n) is 3.01. The molecule has 0 aliphatic heterocycles. The predicted octanol–water partition coefficient (Wildman–Crippen LogP) is 5.64. The number of aromatic nitrogens is 2. The van der Waals surface area contributed by atoms with E-state index in [2.05, 4.69) is 20.8 Å². The van der Waals surface area contributed by atoms with Crippen LogP contribution in [0.3, 0.4) is 0 Å². The fourth-order valence-corrected chi connectivity index (χ4v) is 3.23. The summed E-state index contributed by atoms with van der Waals surface area (Å²) in [6.45, 7) is 1.75. The van der Waals surface area contributed by atoms with Crippen molar-refractivity contribution in [3.05, 3.63) is 59.4 Å². The first-order chi connectivity index (χ1) is 15.5. The second-order valence-corrected chi connectivity index (χ2v) is 7.10. The highest BCUT2D eigenvalue weighted by atomic mass is 35.5. The smallest absolute Gasteiger partial charge is 0.326 e. The number of amides is 2. The van der Waals surface area contributed by atoms with E-state index in [0.717, 1.165) is 5.39 Å². The number of halogens is 1. The Kier molecular flexibility index (Phi) is 6.00. The lowest BCUT2D eigenvalue weighted by atomic mass is 10.2. The molecule has 164 valence electrons. The monoisotopic (exact) mass is 454 g/mol. The topological polar surface area (TPSA) is 108 Å². The van der Waals surface area contributed by atoms with Crippen molar-refractivity contribution in [3.8, 4) is 23.0 Å². The van der Waals surface area contributed by atoms with E-state index in [1.54, 1.807) is 69.8 Å². The van der Waals surface area contributed by atoms with Crippen molar-refractivity contribution >= 4 is 40.1 Å². The van der Waals surface area contributed by atoms with E-state index >= 15 is 0 Å². The third-order valence-electron chi connectivity index (χ3n) is 4.48. The molecule has 2 aromatic carbocycles. The minimum atomic E-state index is -0.493. The summed E-state index contributed by atoms with van der Waals surface area (Å²) >= 11 is 6.40. The second kappa shape index (κ2) is 9.03. The van der Waals surface area contributed by atoms with Crippen molar-refractivity contribution in [2.75, 3.05) is 24.9 Å². The Morgan fingerprint density at radius 3 is 2.44 bits per heavy atom. The van der Waals surface area contributed by atoms with Crippen LogP contribution in [0.15, 0.2) is 53.2 Å². The summed E-state index contributed by atoms with van der Waals surface area (Å²) in [7, 11) is 3.12. The van der Waals surface area contributed by atoms with E-state index in [-0.39, 0.29) is 5.88 Å². The lowest BCUT2D eigenvalue weighted by molar-refractivity contribution is 0.261. The van der Waals surface area contributed by atoms with Crippen LogP contribution in [0, 0.1) is 6.92 Å². The Morgan fingerprint density at radius 2 is 1.75 bits per heavy atom. The number of methoxy groups -OCH3 is 2. The molecule has 2 aromatic heterocycles. The number of hydrogen-bond acceptors (Lipinski definition) is 7. The van der Waals surface area contributed by atoms with Gasteiger partial charge in [0.2, 0.25) is 5.88 Å². The minimum Gasteiger partial charge on any atom is -0.493 e. The summed E-state index contributed by atoms with van der Waals surface area (Å²) in [6, 6.07) is 11.3. The molecule has 10 heteroatoms. The van der Waals surface area contributed by atoms with Gasteiger partial charge in [0.05, 0.1) is 30.5 Å². The van der Waals surface area contributed by atoms with Gasteiger partial charge >= 0.3 is 6.03 Å². The first-order valence-corrected chi connectivity index (χ1v) is 9.84. The van der Waals surface area contributed by atoms with Gasteiger partial charge in [0.1, 0.15) is 11.5 Å². The van der Waals surface area contributed by atoms with Crippen LogP contribution < -0.4 is 24.8 Å². The van der Waals surface area contributed by atoms with E-state index in [1.165, 1.54) is 0 Å². The molecule has 32 heavy (non-hydrogen) atoms. The van der Waals surface area contributed by atoms with Crippen LogP contribution in [-0.4, -0.2) is 30.4 Å². The molecule has 0 bridgehead atoms. The number of urea groups is 1. The number of ether oxygens (including phenoxy) is 3. The Morgan fingerprint density at radius 1 is 0.969 bits per heavy atom. The molecule has 0 spiro atoms. The molecule has 2 N–H and O–H groups in total. The second-order valence-electron chi connectivity index (χ2n) is 6.69. The highest BCUT2D eigenvalue weighted by Gasteiger charge is 2.13. The van der Waals surface area contributed by atoms with E-state index in [4.69, 9.17) is 30.3 Å². The molecule has 4 rings (SSSR count). The summed E-state index contributed by atoms with van der Waals surface area (Å²) in [4.78, 5) is 16.5. The number of nitrogens with one attached hydrogen (secondary N) is 2. The van der Waals surface area contributed by atoms with Crippen molar-refractivity contribution in [1.29, 1.82) is 0 Å². The van der Waals surface area contributed by atoms with E-state index in [1.807, 2.05) is 0 Å². The lowest BCUT2D eigenvalue weighted by Gasteiger charge is -2.13. The average Bonchev–Trinajstić information content (AvgIpc) is 3.19. The molecule has 0 aliphatic carbocycles. The zero-order chi connectivity index (χ0) is 22.7. The van der Waals surface area contributed by atoms with Crippen molar-refractivity contribution in [1.82, 2.24) is 10.1 Å². The first kappa shape index (κ1) is 21.3. The van der Waals surface area contributed by atoms with Crippen LogP contribution in [0.25, 0.3) is 10.9 Å². The van der Waals surface area contributed by atoms with Crippen molar-refractivity contribution in [2.24, 2.45) is 0 Å². The number of anilines is 2. The number of nitrogens with zero attached hydrogens (tertiary/aromatic N) is 2. The van der Waals surface area contributed by atoms with E-state index < -0.39 is 6.03 Å². The molecule has 0 unspecified atom stereocenters. The zero-order valence-corrected chi connectivity index (χ0v) is 18.2. The van der Waals surface area contributed by atoms with E-state index in [9.17, 15) is 4.79 Å². The lowest BCUT2D eigenvalue weighted by Crippen LogP contribution is -2.19. The number of aryl methyl sites for hydroxylation is 1. The van der Waals surface area contributed by atoms with Crippen molar-refractivity contribution in [2.45, 2.75) is 6.92 Å². The Balaban J connectivity index is 1.54. The molecule has 0 fully saturated rings. The van der Waals surface area contributed by atoms with Crippen LogP contribution in [0.1, 0.15) is 5.69 Å². The first-order valence-electron chi connectivity index (χ1n) is 9.46. The molecular weight excluding hydrogens is 436 g/mol. The van der Waals surface area contributed by atoms with Gasteiger partial charge in [-0.25, -0.2) is 4.79 Å². The Bertz CT molecular complexity index is 1290. The minimum absolute atomic E-state index is 0.239. The molecular formula is C22H19ClN4O5. The molecule has 0 aliphatic rings. The van der Waals surface area contributed by atoms with Gasteiger partial charge in [-0.05, 0) is 37.3 Å². The van der Waals surface area contributed by atoms with Gasteiger partial charge in [0.25, 0.3) is 0 Å². The summed E-state index contributed by atoms with van der Waals surface area (Å²) in [5.41, 5.74) is 1.81. The SMILES string of the molecule is COc1cc2nccc(Oc3ccc(NC(=O)Nc4cc(C)no4)cc3Cl)c2cc1OC. The molecule has 9 nitrogen and oxygen atoms in total. The van der Waals surface area contributed by atoms with Crippen molar-refractivity contribution < 1.29 is 23.5 Å². The van der Waals surface area contributed by atoms with Gasteiger partial charge in [-0.2, -0.15) is 0 Å². The molecule has 4 aromatic rings. The number of fused-ring (bicyclic) bond motifs is 1.